The molecule has 0 aliphatic heterocycles. The van der Waals surface area contributed by atoms with Crippen LogP contribution in [0.3, 0.4) is 0 Å². The maximum Gasteiger partial charge on any atom is 0.339 e. The third-order valence-corrected chi connectivity index (χ3v) is 3.47. The summed E-state index contributed by atoms with van der Waals surface area (Å²) in [5.41, 5.74) is 3.58. The highest BCUT2D eigenvalue weighted by Gasteiger charge is 2.18. The van der Waals surface area contributed by atoms with E-state index in [1.807, 2.05) is 45.2 Å². The molecule has 0 spiro atoms. The number of hydrogen-bond acceptors (Lipinski definition) is 3. The van der Waals surface area contributed by atoms with Crippen LogP contribution in [0, 0.1) is 6.92 Å². The van der Waals surface area contributed by atoms with Crippen molar-refractivity contribution >= 4 is 22.4 Å². The highest BCUT2D eigenvalue weighted by Crippen LogP contribution is 2.27. The number of hydrogen-bond donors (Lipinski definition) is 2. The molecule has 0 amide bonds. The van der Waals surface area contributed by atoms with E-state index in [4.69, 9.17) is 4.74 Å². The molecule has 1 aromatic heterocycles. The molecule has 0 saturated carbocycles. The normalized spacial score (nSPS) is 11.9. The van der Waals surface area contributed by atoms with E-state index in [-0.39, 0.29) is 5.97 Å². The van der Waals surface area contributed by atoms with E-state index in [1.165, 1.54) is 0 Å². The lowest BCUT2D eigenvalue weighted by Gasteiger charge is -2.07. The SMILES string of the molecule is CCOC(=O)/C(=C\CCNC)c1[nH]c2ccccc2c1C. The molecule has 0 aliphatic carbocycles. The van der Waals surface area contributed by atoms with Gasteiger partial charge in [-0.1, -0.05) is 24.3 Å². The van der Waals surface area contributed by atoms with Gasteiger partial charge in [-0.05, 0) is 45.5 Å². The molecule has 2 aromatic rings. The third-order valence-electron chi connectivity index (χ3n) is 3.47. The molecule has 0 atom stereocenters. The molecule has 21 heavy (non-hydrogen) atoms. The van der Waals surface area contributed by atoms with Crippen LogP contribution in [0.1, 0.15) is 24.6 Å². The van der Waals surface area contributed by atoms with Crippen molar-refractivity contribution in [3.8, 4) is 0 Å². The molecular weight excluding hydrogens is 264 g/mol. The van der Waals surface area contributed by atoms with E-state index in [0.717, 1.165) is 35.1 Å². The average molecular weight is 286 g/mol. The first-order chi connectivity index (χ1) is 10.2. The number of rotatable bonds is 6. The molecule has 4 heteroatoms. The largest absolute Gasteiger partial charge is 0.462 e. The summed E-state index contributed by atoms with van der Waals surface area (Å²) >= 11 is 0. The topological polar surface area (TPSA) is 54.1 Å². The monoisotopic (exact) mass is 286 g/mol. The lowest BCUT2D eigenvalue weighted by Crippen LogP contribution is -2.10. The van der Waals surface area contributed by atoms with E-state index in [2.05, 4.69) is 16.4 Å². The van der Waals surface area contributed by atoms with Gasteiger partial charge in [0.15, 0.2) is 0 Å². The summed E-state index contributed by atoms with van der Waals surface area (Å²) in [5.74, 6) is -0.275. The van der Waals surface area contributed by atoms with Crippen LogP contribution in [0.25, 0.3) is 16.5 Å². The number of nitrogens with one attached hydrogen (secondary N) is 2. The van der Waals surface area contributed by atoms with Gasteiger partial charge in [-0.25, -0.2) is 4.79 Å². The van der Waals surface area contributed by atoms with E-state index in [1.54, 1.807) is 0 Å². The fourth-order valence-electron chi connectivity index (χ4n) is 2.41. The summed E-state index contributed by atoms with van der Waals surface area (Å²) in [7, 11) is 1.89. The molecule has 0 radical (unpaired) electrons. The molecule has 0 bridgehead atoms. The number of aromatic amines is 1. The van der Waals surface area contributed by atoms with Gasteiger partial charge in [0.2, 0.25) is 0 Å². The molecule has 112 valence electrons. The summed E-state index contributed by atoms with van der Waals surface area (Å²) in [6.07, 6.45) is 2.71. The summed E-state index contributed by atoms with van der Waals surface area (Å²) in [6, 6.07) is 8.06. The molecule has 0 unspecified atom stereocenters. The molecule has 1 heterocycles. The van der Waals surface area contributed by atoms with Crippen LogP contribution in [0.5, 0.6) is 0 Å². The first-order valence-electron chi connectivity index (χ1n) is 7.28. The van der Waals surface area contributed by atoms with Gasteiger partial charge in [0.1, 0.15) is 0 Å². The van der Waals surface area contributed by atoms with Crippen molar-refractivity contribution in [3.63, 3.8) is 0 Å². The molecule has 0 aliphatic rings. The second-order valence-electron chi connectivity index (χ2n) is 4.90. The Hall–Kier alpha value is -2.07. The number of aryl methyl sites for hydroxylation is 1. The number of H-pyrrole nitrogens is 1. The second kappa shape index (κ2) is 7.09. The number of ether oxygens (including phenoxy) is 1. The number of carbonyl (C=O) groups excluding carboxylic acids is 1. The van der Waals surface area contributed by atoms with Crippen LogP contribution in [-0.2, 0) is 9.53 Å². The Balaban J connectivity index is 2.45. The smallest absolute Gasteiger partial charge is 0.339 e. The van der Waals surface area contributed by atoms with Crippen molar-refractivity contribution in [2.75, 3.05) is 20.2 Å². The highest BCUT2D eigenvalue weighted by molar-refractivity contribution is 6.17. The molecule has 0 saturated heterocycles. The Morgan fingerprint density at radius 1 is 1.38 bits per heavy atom. The van der Waals surface area contributed by atoms with Gasteiger partial charge in [0.05, 0.1) is 17.9 Å². The van der Waals surface area contributed by atoms with Crippen LogP contribution in [-0.4, -0.2) is 31.2 Å². The lowest BCUT2D eigenvalue weighted by molar-refractivity contribution is -0.136. The van der Waals surface area contributed by atoms with E-state index in [0.29, 0.717) is 12.2 Å². The van der Waals surface area contributed by atoms with E-state index >= 15 is 0 Å². The molecule has 2 N–H and O–H groups in total. The minimum Gasteiger partial charge on any atom is -0.462 e. The molecule has 2 rings (SSSR count). The van der Waals surface area contributed by atoms with Crippen LogP contribution in [0.2, 0.25) is 0 Å². The van der Waals surface area contributed by atoms with E-state index < -0.39 is 0 Å². The van der Waals surface area contributed by atoms with Gasteiger partial charge < -0.3 is 15.0 Å². The Bertz CT molecular complexity index is 656. The maximum absolute atomic E-state index is 12.2. The minimum absolute atomic E-state index is 0.275. The standard InChI is InChI=1S/C17H22N2O2/c1-4-21-17(20)14(9-7-11-18-3)16-12(2)13-8-5-6-10-15(13)19-16/h5-6,8-10,18-19H,4,7,11H2,1-3H3/b14-9-. The van der Waals surface area contributed by atoms with Gasteiger partial charge in [0, 0.05) is 10.9 Å². The predicted molar refractivity (Wildman–Crippen MR) is 86.2 cm³/mol. The summed E-state index contributed by atoms with van der Waals surface area (Å²) in [5, 5.41) is 4.22. The Morgan fingerprint density at radius 2 is 2.14 bits per heavy atom. The number of para-hydroxylation sites is 1. The predicted octanol–water partition coefficient (Wildman–Crippen LogP) is 3.03. The zero-order valence-corrected chi connectivity index (χ0v) is 12.8. The molecule has 4 nitrogen and oxygen atoms in total. The number of carbonyl (C=O) groups is 1. The van der Waals surface area contributed by atoms with Crippen molar-refractivity contribution in [2.24, 2.45) is 0 Å². The zero-order valence-electron chi connectivity index (χ0n) is 12.8. The Kier molecular flexibility index (Phi) is 5.17. The summed E-state index contributed by atoms with van der Waals surface area (Å²) in [6.45, 7) is 5.05. The van der Waals surface area contributed by atoms with Crippen LogP contribution in [0.15, 0.2) is 30.3 Å². The summed E-state index contributed by atoms with van der Waals surface area (Å²) in [4.78, 5) is 15.6. The van der Waals surface area contributed by atoms with Crippen molar-refractivity contribution in [3.05, 3.63) is 41.6 Å². The number of fused-ring (bicyclic) bond motifs is 1. The van der Waals surface area contributed by atoms with Crippen LogP contribution < -0.4 is 5.32 Å². The fourth-order valence-corrected chi connectivity index (χ4v) is 2.41. The van der Waals surface area contributed by atoms with Gasteiger partial charge in [-0.15, -0.1) is 0 Å². The van der Waals surface area contributed by atoms with Gasteiger partial charge in [-0.3, -0.25) is 0 Å². The molecule has 1 aromatic carbocycles. The first kappa shape index (κ1) is 15.3. The van der Waals surface area contributed by atoms with E-state index in [9.17, 15) is 4.79 Å². The van der Waals surface area contributed by atoms with Crippen LogP contribution in [0.4, 0.5) is 0 Å². The number of benzene rings is 1. The quantitative estimate of drug-likeness (QED) is 0.487. The molecule has 0 fully saturated rings. The number of esters is 1. The van der Waals surface area contributed by atoms with Gasteiger partial charge in [-0.2, -0.15) is 0 Å². The number of aromatic nitrogens is 1. The first-order valence-corrected chi connectivity index (χ1v) is 7.28. The minimum atomic E-state index is -0.275. The van der Waals surface area contributed by atoms with Crippen LogP contribution >= 0.6 is 0 Å². The maximum atomic E-state index is 12.2. The highest BCUT2D eigenvalue weighted by atomic mass is 16.5. The molecular formula is C17H22N2O2. The zero-order chi connectivity index (χ0) is 15.2. The lowest BCUT2D eigenvalue weighted by atomic mass is 10.1. The fraction of sp³-hybridized carbons (Fsp3) is 0.353. The Morgan fingerprint density at radius 3 is 2.81 bits per heavy atom. The van der Waals surface area contributed by atoms with Crippen molar-refractivity contribution < 1.29 is 9.53 Å². The van der Waals surface area contributed by atoms with Crippen molar-refractivity contribution in [1.29, 1.82) is 0 Å². The van der Waals surface area contributed by atoms with Gasteiger partial charge >= 0.3 is 5.97 Å². The average Bonchev–Trinajstić information content (AvgIpc) is 2.81. The second-order valence-corrected chi connectivity index (χ2v) is 4.90. The summed E-state index contributed by atoms with van der Waals surface area (Å²) < 4.78 is 5.19. The third kappa shape index (κ3) is 3.34. The Labute approximate surface area is 125 Å². The van der Waals surface area contributed by atoms with Crippen molar-refractivity contribution in [1.82, 2.24) is 10.3 Å². The van der Waals surface area contributed by atoms with Gasteiger partial charge in [0.25, 0.3) is 0 Å². The van der Waals surface area contributed by atoms with Crippen molar-refractivity contribution in [2.45, 2.75) is 20.3 Å².